The van der Waals surface area contributed by atoms with E-state index in [0.717, 1.165) is 59.2 Å². The third-order valence-corrected chi connectivity index (χ3v) is 7.83. The van der Waals surface area contributed by atoms with Crippen LogP contribution >= 0.6 is 0 Å². The van der Waals surface area contributed by atoms with Gasteiger partial charge in [0.2, 0.25) is 0 Å². The van der Waals surface area contributed by atoms with E-state index in [1.165, 1.54) is 5.70 Å². The van der Waals surface area contributed by atoms with Crippen molar-refractivity contribution >= 4 is 28.2 Å². The quantitative estimate of drug-likeness (QED) is 0.187. The number of ketones is 1. The summed E-state index contributed by atoms with van der Waals surface area (Å²) in [7, 11) is 0. The number of Topliss-reactive ketones (excluding diaryl/α,β-unsaturated/α-hetero) is 1. The average Bonchev–Trinajstić information content (AvgIpc) is 3.68. The van der Waals surface area contributed by atoms with Crippen molar-refractivity contribution in [2.24, 2.45) is 5.92 Å². The molecular weight excluding hydrogens is 498 g/mol. The lowest BCUT2D eigenvalue weighted by Gasteiger charge is -2.33. The molecule has 0 aliphatic carbocycles. The van der Waals surface area contributed by atoms with Gasteiger partial charge in [-0.25, -0.2) is 9.97 Å². The van der Waals surface area contributed by atoms with Gasteiger partial charge in [-0.15, -0.1) is 0 Å². The second kappa shape index (κ2) is 11.2. The van der Waals surface area contributed by atoms with Crippen LogP contribution in [0.3, 0.4) is 0 Å². The Morgan fingerprint density at radius 1 is 1.05 bits per heavy atom. The van der Waals surface area contributed by atoms with Crippen molar-refractivity contribution in [3.05, 3.63) is 90.7 Å². The monoisotopic (exact) mass is 531 g/mol. The number of piperidine rings is 1. The maximum absolute atomic E-state index is 13.1. The van der Waals surface area contributed by atoms with Gasteiger partial charge in [-0.05, 0) is 68.5 Å². The van der Waals surface area contributed by atoms with E-state index in [2.05, 4.69) is 50.3 Å². The summed E-state index contributed by atoms with van der Waals surface area (Å²) < 4.78 is 0. The number of nitrogens with zero attached hydrogens (tertiary/aromatic N) is 4. The fourth-order valence-electron chi connectivity index (χ4n) is 5.33. The van der Waals surface area contributed by atoms with Crippen LogP contribution in [0.5, 0.6) is 0 Å². The normalized spacial score (nSPS) is 14.6. The van der Waals surface area contributed by atoms with Crippen LogP contribution in [0.1, 0.15) is 43.6 Å². The second-order valence-electron chi connectivity index (χ2n) is 10.4. The SMILES string of the molecule is C/C=C(\C)N1CCC(CC(=O)c2cc3ccc(-c4nccc(Nc5ccc(-c6cn[nH]c6)cc5)n4)cc3[nH]2)CC1. The number of carbonyl (C=O) groups excluding carboxylic acids is 1. The zero-order valence-corrected chi connectivity index (χ0v) is 22.8. The fourth-order valence-corrected chi connectivity index (χ4v) is 5.33. The minimum atomic E-state index is 0.181. The molecule has 1 aliphatic rings. The first-order valence-electron chi connectivity index (χ1n) is 13.8. The Bertz CT molecular complexity index is 1640. The van der Waals surface area contributed by atoms with Crippen LogP contribution in [-0.2, 0) is 0 Å². The number of rotatable bonds is 8. The highest BCUT2D eigenvalue weighted by molar-refractivity contribution is 6.00. The molecule has 1 saturated heterocycles. The molecule has 40 heavy (non-hydrogen) atoms. The lowest BCUT2D eigenvalue weighted by molar-refractivity contribution is 0.0934. The first kappa shape index (κ1) is 25.6. The van der Waals surface area contributed by atoms with Crippen LogP contribution in [0.4, 0.5) is 11.5 Å². The second-order valence-corrected chi connectivity index (χ2v) is 10.4. The van der Waals surface area contributed by atoms with Crippen LogP contribution in [0.2, 0.25) is 0 Å². The maximum atomic E-state index is 13.1. The molecule has 202 valence electrons. The molecule has 5 aromatic rings. The van der Waals surface area contributed by atoms with Gasteiger partial charge in [0.05, 0.1) is 11.9 Å². The molecule has 1 aliphatic heterocycles. The predicted octanol–water partition coefficient (Wildman–Crippen LogP) is 6.97. The summed E-state index contributed by atoms with van der Waals surface area (Å²) >= 11 is 0. The largest absolute Gasteiger partial charge is 0.375 e. The van der Waals surface area contributed by atoms with Gasteiger partial charge in [0.1, 0.15) is 5.82 Å². The van der Waals surface area contributed by atoms with E-state index >= 15 is 0 Å². The third-order valence-electron chi connectivity index (χ3n) is 7.83. The zero-order chi connectivity index (χ0) is 27.5. The van der Waals surface area contributed by atoms with Crippen molar-refractivity contribution in [3.63, 3.8) is 0 Å². The van der Waals surface area contributed by atoms with E-state index in [1.807, 2.05) is 60.8 Å². The summed E-state index contributed by atoms with van der Waals surface area (Å²) in [6.45, 7) is 6.28. The summed E-state index contributed by atoms with van der Waals surface area (Å²) in [6, 6.07) is 18.0. The van der Waals surface area contributed by atoms with Crippen molar-refractivity contribution in [2.45, 2.75) is 33.1 Å². The topological polar surface area (TPSA) is 103 Å². The van der Waals surface area contributed by atoms with E-state index < -0.39 is 0 Å². The molecule has 1 fully saturated rings. The highest BCUT2D eigenvalue weighted by Gasteiger charge is 2.23. The van der Waals surface area contributed by atoms with E-state index in [4.69, 9.17) is 4.98 Å². The van der Waals surface area contributed by atoms with Gasteiger partial charge in [-0.3, -0.25) is 9.89 Å². The minimum Gasteiger partial charge on any atom is -0.375 e. The van der Waals surface area contributed by atoms with E-state index in [0.29, 0.717) is 29.7 Å². The van der Waals surface area contributed by atoms with Crippen molar-refractivity contribution in [1.29, 1.82) is 0 Å². The van der Waals surface area contributed by atoms with E-state index in [-0.39, 0.29) is 5.78 Å². The van der Waals surface area contributed by atoms with Crippen LogP contribution in [0.15, 0.2) is 85.0 Å². The van der Waals surface area contributed by atoms with Gasteiger partial charge in [-0.1, -0.05) is 30.3 Å². The Labute approximate surface area is 233 Å². The molecule has 0 atom stereocenters. The summed E-state index contributed by atoms with van der Waals surface area (Å²) in [4.78, 5) is 28.1. The molecule has 4 heterocycles. The van der Waals surface area contributed by atoms with E-state index in [9.17, 15) is 4.79 Å². The van der Waals surface area contributed by atoms with Crippen molar-refractivity contribution in [1.82, 2.24) is 30.0 Å². The smallest absolute Gasteiger partial charge is 0.179 e. The Morgan fingerprint density at radius 2 is 1.85 bits per heavy atom. The maximum Gasteiger partial charge on any atom is 0.179 e. The predicted molar refractivity (Wildman–Crippen MR) is 159 cm³/mol. The Kier molecular flexibility index (Phi) is 7.14. The summed E-state index contributed by atoms with van der Waals surface area (Å²) in [5.41, 5.74) is 6.86. The number of benzene rings is 2. The number of allylic oxidation sites excluding steroid dienone is 2. The summed E-state index contributed by atoms with van der Waals surface area (Å²) in [5, 5.41) is 11.2. The lowest BCUT2D eigenvalue weighted by Crippen LogP contribution is -2.33. The molecule has 0 spiro atoms. The number of hydrogen-bond donors (Lipinski definition) is 3. The first-order valence-corrected chi connectivity index (χ1v) is 13.8. The van der Waals surface area contributed by atoms with Gasteiger partial charge < -0.3 is 15.2 Å². The highest BCUT2D eigenvalue weighted by atomic mass is 16.1. The summed E-state index contributed by atoms with van der Waals surface area (Å²) in [5.74, 6) is 1.94. The number of fused-ring (bicyclic) bond motifs is 1. The fraction of sp³-hybridized carbons (Fsp3) is 0.250. The average molecular weight is 532 g/mol. The van der Waals surface area contributed by atoms with Crippen LogP contribution in [0.25, 0.3) is 33.4 Å². The molecule has 0 radical (unpaired) electrons. The Morgan fingerprint density at radius 3 is 2.60 bits per heavy atom. The van der Waals surface area contributed by atoms with Crippen LogP contribution < -0.4 is 5.32 Å². The van der Waals surface area contributed by atoms with Gasteiger partial charge in [0.15, 0.2) is 11.6 Å². The molecule has 2 aromatic carbocycles. The number of nitrogens with one attached hydrogen (secondary N) is 3. The molecule has 0 bridgehead atoms. The van der Waals surface area contributed by atoms with Gasteiger partial charge >= 0.3 is 0 Å². The number of aromatic amines is 2. The van der Waals surface area contributed by atoms with Gasteiger partial charge in [-0.2, -0.15) is 5.10 Å². The van der Waals surface area contributed by atoms with Crippen molar-refractivity contribution in [3.8, 4) is 22.5 Å². The van der Waals surface area contributed by atoms with Crippen molar-refractivity contribution in [2.75, 3.05) is 18.4 Å². The number of carbonyl (C=O) groups is 1. The Hall–Kier alpha value is -4.72. The third kappa shape index (κ3) is 5.52. The number of hydrogen-bond acceptors (Lipinski definition) is 6. The number of likely N-dealkylation sites (tertiary alicyclic amines) is 1. The molecule has 6 rings (SSSR count). The zero-order valence-electron chi connectivity index (χ0n) is 22.8. The molecule has 0 unspecified atom stereocenters. The highest BCUT2D eigenvalue weighted by Crippen LogP contribution is 2.28. The molecular formula is C32H33N7O. The number of aromatic nitrogens is 5. The molecule has 3 N–H and O–H groups in total. The van der Waals surface area contributed by atoms with Crippen LogP contribution in [0, 0.1) is 5.92 Å². The first-order chi connectivity index (χ1) is 19.6. The molecule has 0 saturated carbocycles. The van der Waals surface area contributed by atoms with E-state index in [1.54, 1.807) is 12.4 Å². The van der Waals surface area contributed by atoms with Crippen LogP contribution in [-0.4, -0.2) is 48.9 Å². The molecule has 3 aromatic heterocycles. The van der Waals surface area contributed by atoms with Gasteiger partial charge in [0, 0.05) is 65.3 Å². The molecule has 0 amide bonds. The Balaban J connectivity index is 1.13. The van der Waals surface area contributed by atoms with Crippen molar-refractivity contribution < 1.29 is 4.79 Å². The standard InChI is InChI=1S/C32H33N7O/c1-3-21(2)39-14-11-22(12-15-39)16-30(40)29-17-24-4-5-25(18-28(24)37-29)32-33-13-10-31(38-32)36-27-8-6-23(7-9-27)26-19-34-35-20-26/h3-10,13,17-20,22,37H,11-12,14-16H2,1-2H3,(H,34,35)(H,33,36,38)/b21-3+. The minimum absolute atomic E-state index is 0.181. The number of anilines is 2. The van der Waals surface area contributed by atoms with Gasteiger partial charge in [0.25, 0.3) is 0 Å². The molecule has 8 heteroatoms. The summed E-state index contributed by atoms with van der Waals surface area (Å²) in [6.07, 6.45) is 10.3. The number of H-pyrrole nitrogens is 2. The lowest BCUT2D eigenvalue weighted by atomic mass is 9.91. The molecule has 8 nitrogen and oxygen atoms in total.